The van der Waals surface area contributed by atoms with E-state index in [2.05, 4.69) is 22.3 Å². The van der Waals surface area contributed by atoms with E-state index in [1.807, 2.05) is 136 Å². The van der Waals surface area contributed by atoms with Gasteiger partial charge in [0.1, 0.15) is 5.60 Å². The maximum Gasteiger partial charge on any atom is 0.433 e. The van der Waals surface area contributed by atoms with Crippen LogP contribution >= 0.6 is 0 Å². The number of hydrogen-bond donors (Lipinski definition) is 3. The smallest absolute Gasteiger partial charge is 0.433 e. The van der Waals surface area contributed by atoms with Crippen LogP contribution in [0.15, 0.2) is 119 Å². The average Bonchev–Trinajstić information content (AvgIpc) is 4.11. The highest BCUT2D eigenvalue weighted by Gasteiger charge is 2.29. The third-order valence-corrected chi connectivity index (χ3v) is 9.91. The highest BCUT2D eigenvalue weighted by atomic mass is 16.6. The van der Waals surface area contributed by atoms with Crippen LogP contribution in [0.5, 0.6) is 0 Å². The summed E-state index contributed by atoms with van der Waals surface area (Å²) in [5.74, 6) is 0.983. The number of para-hydroxylation sites is 2. The van der Waals surface area contributed by atoms with Gasteiger partial charge in [-0.2, -0.15) is 5.01 Å². The molecule has 284 valence electrons. The zero-order chi connectivity index (χ0) is 38.7. The Hall–Kier alpha value is -6.03. The number of aromatic nitrogens is 2. The maximum absolute atomic E-state index is 13.0. The van der Waals surface area contributed by atoms with Gasteiger partial charge >= 0.3 is 6.09 Å². The molecule has 0 atom stereocenters. The van der Waals surface area contributed by atoms with E-state index >= 15 is 0 Å². The summed E-state index contributed by atoms with van der Waals surface area (Å²) in [4.78, 5) is 37.9. The Morgan fingerprint density at radius 2 is 1.13 bits per heavy atom. The van der Waals surface area contributed by atoms with E-state index in [4.69, 9.17) is 4.74 Å². The van der Waals surface area contributed by atoms with Crippen molar-refractivity contribution in [2.75, 3.05) is 21.3 Å². The van der Waals surface area contributed by atoms with Crippen LogP contribution in [0.2, 0.25) is 0 Å². The number of nitrogens with zero attached hydrogens (tertiary/aromatic N) is 3. The van der Waals surface area contributed by atoms with Crippen LogP contribution in [-0.2, 0) is 17.8 Å². The average molecular weight is 739 g/mol. The van der Waals surface area contributed by atoms with Gasteiger partial charge in [-0.1, -0.05) is 36.4 Å². The molecule has 0 bridgehead atoms. The molecule has 0 aliphatic heterocycles. The molecular weight excluding hydrogens is 689 g/mol. The van der Waals surface area contributed by atoms with Crippen molar-refractivity contribution in [2.45, 2.75) is 90.8 Å². The number of hydrazine groups is 2. The lowest BCUT2D eigenvalue weighted by atomic mass is 10.0. The minimum Gasteiger partial charge on any atom is -0.442 e. The van der Waals surface area contributed by atoms with Crippen molar-refractivity contribution in [1.29, 1.82) is 0 Å². The van der Waals surface area contributed by atoms with E-state index < -0.39 is 11.7 Å². The lowest BCUT2D eigenvalue weighted by molar-refractivity contribution is 0.0589. The maximum atomic E-state index is 13.0. The van der Waals surface area contributed by atoms with Gasteiger partial charge in [0.15, 0.2) is 0 Å². The fourth-order valence-corrected chi connectivity index (χ4v) is 6.98. The molecule has 2 aromatic heterocycles. The first kappa shape index (κ1) is 37.3. The van der Waals surface area contributed by atoms with E-state index in [9.17, 15) is 14.4 Å². The number of anilines is 4. The highest BCUT2D eigenvalue weighted by Crippen LogP contribution is 2.44. The molecule has 2 aliphatic carbocycles. The first-order chi connectivity index (χ1) is 26.5. The highest BCUT2D eigenvalue weighted by molar-refractivity contribution is 5.92. The number of rotatable bonds is 10. The number of carbonyl (C=O) groups is 1. The van der Waals surface area contributed by atoms with Crippen LogP contribution in [0.25, 0.3) is 21.8 Å². The molecule has 10 heteroatoms. The summed E-state index contributed by atoms with van der Waals surface area (Å²) in [6.07, 6.45) is 4.10. The van der Waals surface area contributed by atoms with Crippen molar-refractivity contribution >= 4 is 50.6 Å². The van der Waals surface area contributed by atoms with Gasteiger partial charge in [-0.05, 0) is 144 Å². The molecule has 3 N–H and O–H groups in total. The van der Waals surface area contributed by atoms with Crippen LogP contribution in [-0.4, -0.2) is 20.8 Å². The lowest BCUT2D eigenvalue weighted by Crippen LogP contribution is -2.40. The van der Waals surface area contributed by atoms with Crippen molar-refractivity contribution in [3.05, 3.63) is 141 Å². The quantitative estimate of drug-likeness (QED) is 0.120. The summed E-state index contributed by atoms with van der Waals surface area (Å²) in [5.41, 5.74) is 16.9. The molecule has 10 nitrogen and oxygen atoms in total. The number of amides is 1. The van der Waals surface area contributed by atoms with Gasteiger partial charge < -0.3 is 24.7 Å². The minimum absolute atomic E-state index is 0.0391. The van der Waals surface area contributed by atoms with Crippen molar-refractivity contribution in [2.24, 2.45) is 0 Å². The number of benzene rings is 4. The van der Waals surface area contributed by atoms with Crippen molar-refractivity contribution in [1.82, 2.24) is 9.13 Å². The summed E-state index contributed by atoms with van der Waals surface area (Å²) in [6, 6.07) is 35.0. The largest absolute Gasteiger partial charge is 0.442 e. The topological polar surface area (TPSA) is 110 Å². The van der Waals surface area contributed by atoms with Gasteiger partial charge in [0.2, 0.25) is 0 Å². The van der Waals surface area contributed by atoms with Crippen LogP contribution in [0.4, 0.5) is 27.5 Å². The molecule has 2 fully saturated rings. The second-order valence-electron chi connectivity index (χ2n) is 15.3. The molecule has 55 heavy (non-hydrogen) atoms. The molecule has 1 amide bonds. The van der Waals surface area contributed by atoms with E-state index in [0.717, 1.165) is 51.9 Å². The summed E-state index contributed by atoms with van der Waals surface area (Å²) in [6.45, 7) is 10.8. The number of pyridine rings is 2. The van der Waals surface area contributed by atoms with Gasteiger partial charge in [0.05, 0.1) is 33.8 Å². The van der Waals surface area contributed by atoms with Gasteiger partial charge in [-0.15, -0.1) is 0 Å². The predicted octanol–water partition coefficient (Wildman–Crippen LogP) is 10.0. The van der Waals surface area contributed by atoms with E-state index in [1.54, 1.807) is 10.6 Å². The number of hydrogen-bond acceptors (Lipinski definition) is 7. The molecular formula is C45H50N6O4. The zero-order valence-corrected chi connectivity index (χ0v) is 32.3. The van der Waals surface area contributed by atoms with Crippen LogP contribution in [0, 0.1) is 0 Å². The molecule has 0 saturated heterocycles. The third-order valence-electron chi connectivity index (χ3n) is 9.91. The molecule has 0 radical (unpaired) electrons. The zero-order valence-electron chi connectivity index (χ0n) is 32.3. The summed E-state index contributed by atoms with van der Waals surface area (Å²) >= 11 is 0. The Kier molecular flexibility index (Phi) is 10.7. The Labute approximate surface area is 321 Å². The molecule has 4 aromatic carbocycles. The number of ether oxygens (including phenoxy) is 1. The summed E-state index contributed by atoms with van der Waals surface area (Å²) in [7, 11) is 0. The Morgan fingerprint density at radius 1 is 0.655 bits per heavy atom. The van der Waals surface area contributed by atoms with Crippen LogP contribution in [0.3, 0.4) is 0 Å². The lowest BCUT2D eigenvalue weighted by Gasteiger charge is -2.28. The second-order valence-corrected chi connectivity index (χ2v) is 15.3. The molecule has 0 spiro atoms. The predicted molar refractivity (Wildman–Crippen MR) is 224 cm³/mol. The second kappa shape index (κ2) is 15.8. The van der Waals surface area contributed by atoms with E-state index in [0.29, 0.717) is 30.6 Å². The van der Waals surface area contributed by atoms with Crippen molar-refractivity contribution < 1.29 is 9.53 Å². The number of fused-ring (bicyclic) bond motifs is 2. The Morgan fingerprint density at radius 3 is 1.62 bits per heavy atom. The molecule has 2 aliphatic rings. The van der Waals surface area contributed by atoms with Gasteiger partial charge in [-0.3, -0.25) is 15.0 Å². The fraction of sp³-hybridized carbons (Fsp3) is 0.311. The van der Waals surface area contributed by atoms with E-state index in [1.165, 1.54) is 28.8 Å². The molecule has 0 unspecified atom stereocenters. The molecule has 2 heterocycles. The summed E-state index contributed by atoms with van der Waals surface area (Å²) in [5, 5.41) is 3.64. The first-order valence-corrected chi connectivity index (χ1v) is 19.3. The van der Waals surface area contributed by atoms with Crippen LogP contribution < -0.4 is 32.4 Å². The van der Waals surface area contributed by atoms with E-state index in [-0.39, 0.29) is 11.1 Å². The Balaban J connectivity index is 0.000000174. The first-order valence-electron chi connectivity index (χ1n) is 19.3. The SMILES string of the molecule is CCn1c(=O)cc(C2CC2)c2cc(NN(C(=O)OC(C)(C)C)c3ccccc3)ccc21.CCn1c(=O)cc(C2CC2)c2cc(NNc3ccccc3)ccc21. The van der Waals surface area contributed by atoms with Crippen LogP contribution in [0.1, 0.15) is 83.3 Å². The van der Waals surface area contributed by atoms with Crippen molar-refractivity contribution in [3.8, 4) is 0 Å². The fourth-order valence-electron chi connectivity index (χ4n) is 6.98. The molecule has 6 aromatic rings. The Bertz CT molecular complexity index is 2430. The van der Waals surface area contributed by atoms with Gasteiger partial charge in [-0.25, -0.2) is 4.79 Å². The van der Waals surface area contributed by atoms with Gasteiger partial charge in [0.25, 0.3) is 11.1 Å². The number of nitrogens with one attached hydrogen (secondary N) is 3. The molecule has 8 rings (SSSR count). The number of carbonyl (C=O) groups excluding carboxylic acids is 1. The summed E-state index contributed by atoms with van der Waals surface area (Å²) < 4.78 is 9.25. The minimum atomic E-state index is -0.620. The normalized spacial score (nSPS) is 13.8. The monoisotopic (exact) mass is 738 g/mol. The third kappa shape index (κ3) is 8.70. The number of aryl methyl sites for hydroxylation is 2. The van der Waals surface area contributed by atoms with Crippen molar-refractivity contribution in [3.63, 3.8) is 0 Å². The molecule has 2 saturated carbocycles. The van der Waals surface area contributed by atoms with Gasteiger partial charge in [0, 0.05) is 36.0 Å². The standard InChI is InChI=1S/C25H29N3O3.C20H21N3O/c1-5-27-22-14-13-18(15-21(22)20(16-23(27)29)17-11-12-17)26-28(19-9-7-6-8-10-19)24(30)31-25(2,3)4;1-2-23-19-11-10-16(22-21-15-6-4-3-5-7-15)12-18(19)17(13-20(23)24)14-8-9-14/h6-10,13-17,26H,5,11-12H2,1-4H3;3-7,10-14,21-22H,2,8-9H2,1H3.